The minimum absolute atomic E-state index is 0.425. The Hall–Kier alpha value is -3.14. The van der Waals surface area contributed by atoms with Gasteiger partial charge in [0.05, 0.1) is 5.56 Å². The normalized spacial score (nSPS) is 13.8. The van der Waals surface area contributed by atoms with Crippen LogP contribution in [0.25, 0.3) is 0 Å². The van der Waals surface area contributed by atoms with E-state index in [1.54, 1.807) is 12.1 Å². The highest BCUT2D eigenvalue weighted by molar-refractivity contribution is 7.97. The Labute approximate surface area is 180 Å². The second-order valence-corrected chi connectivity index (χ2v) is 8.66. The summed E-state index contributed by atoms with van der Waals surface area (Å²) in [6.45, 7) is 0. The van der Waals surface area contributed by atoms with E-state index in [0.29, 0.717) is 16.4 Å². The number of carbonyl (C=O) groups is 1. The number of para-hydroxylation sites is 2. The SMILES string of the molecule is O=C(OC(C(F)(F)F)C(F)(F)F)c1ccc([S+]2c3ccccc3Oc3ccccc32)cc1. The van der Waals surface area contributed by atoms with E-state index in [2.05, 4.69) is 4.74 Å². The molecule has 32 heavy (non-hydrogen) atoms. The third-order valence-electron chi connectivity index (χ3n) is 4.50. The Bertz CT molecular complexity index is 1080. The van der Waals surface area contributed by atoms with Gasteiger partial charge in [-0.2, -0.15) is 26.3 Å². The molecule has 166 valence electrons. The maximum absolute atomic E-state index is 12.7. The van der Waals surface area contributed by atoms with Crippen molar-refractivity contribution in [3.63, 3.8) is 0 Å². The van der Waals surface area contributed by atoms with Crippen LogP contribution in [0.2, 0.25) is 0 Å². The molecular formula is C22H13F6O3S+. The minimum atomic E-state index is -5.77. The molecule has 0 aromatic heterocycles. The lowest BCUT2D eigenvalue weighted by Gasteiger charge is -2.22. The highest BCUT2D eigenvalue weighted by atomic mass is 32.2. The fourth-order valence-corrected chi connectivity index (χ4v) is 5.32. The first-order valence-electron chi connectivity index (χ1n) is 9.10. The fraction of sp³-hybridized carbons (Fsp3) is 0.136. The third-order valence-corrected chi connectivity index (χ3v) is 6.80. The molecule has 0 saturated heterocycles. The standard InChI is InChI=1S/C22H13F6O3S/c23-21(24,25)20(22(26,27)28)31-19(29)13-9-11-14(12-10-13)32-17-7-3-1-5-15(17)30-16-6-2-4-8-18(16)32/h1-12,20H/q+1. The van der Waals surface area contributed by atoms with Gasteiger partial charge in [-0.15, -0.1) is 0 Å². The van der Waals surface area contributed by atoms with Gasteiger partial charge >= 0.3 is 18.3 Å². The first-order valence-corrected chi connectivity index (χ1v) is 10.3. The maximum atomic E-state index is 12.7. The van der Waals surface area contributed by atoms with Crippen molar-refractivity contribution in [3.8, 4) is 11.5 Å². The second kappa shape index (κ2) is 8.09. The van der Waals surface area contributed by atoms with Crippen LogP contribution in [0, 0.1) is 0 Å². The number of rotatable bonds is 3. The predicted octanol–water partition coefficient (Wildman–Crippen LogP) is 6.54. The van der Waals surface area contributed by atoms with Crippen LogP contribution in [-0.2, 0) is 15.6 Å². The van der Waals surface area contributed by atoms with E-state index in [-0.39, 0.29) is 0 Å². The number of hydrogen-bond acceptors (Lipinski definition) is 3. The smallest absolute Gasteiger partial charge is 0.434 e. The van der Waals surface area contributed by atoms with Crippen LogP contribution in [0.1, 0.15) is 10.4 Å². The lowest BCUT2D eigenvalue weighted by atomic mass is 10.2. The van der Waals surface area contributed by atoms with E-state index in [4.69, 9.17) is 4.74 Å². The summed E-state index contributed by atoms with van der Waals surface area (Å²) in [4.78, 5) is 14.4. The maximum Gasteiger partial charge on any atom is 0.434 e. The van der Waals surface area contributed by atoms with E-state index < -0.39 is 40.9 Å². The van der Waals surface area contributed by atoms with Crippen molar-refractivity contribution in [2.75, 3.05) is 0 Å². The summed E-state index contributed by atoms with van der Waals surface area (Å²) in [6.07, 6.45) is -15.7. The molecule has 1 heterocycles. The number of halogens is 6. The van der Waals surface area contributed by atoms with Gasteiger partial charge in [0.1, 0.15) is 10.9 Å². The molecule has 0 bridgehead atoms. The molecule has 0 atom stereocenters. The van der Waals surface area contributed by atoms with Crippen LogP contribution in [-0.4, -0.2) is 24.4 Å². The highest BCUT2D eigenvalue weighted by Crippen LogP contribution is 2.46. The number of fused-ring (bicyclic) bond motifs is 2. The molecule has 4 rings (SSSR count). The van der Waals surface area contributed by atoms with E-state index in [1.807, 2.05) is 36.4 Å². The van der Waals surface area contributed by atoms with Gasteiger partial charge in [-0.1, -0.05) is 24.3 Å². The Kier molecular flexibility index (Phi) is 5.58. The van der Waals surface area contributed by atoms with Crippen molar-refractivity contribution in [2.24, 2.45) is 0 Å². The average molecular weight is 471 g/mol. The molecule has 3 nitrogen and oxygen atoms in total. The molecule has 3 aromatic rings. The quantitative estimate of drug-likeness (QED) is 0.193. The monoisotopic (exact) mass is 471 g/mol. The molecule has 0 fully saturated rings. The Morgan fingerprint density at radius 3 is 1.69 bits per heavy atom. The second-order valence-electron chi connectivity index (χ2n) is 6.69. The van der Waals surface area contributed by atoms with E-state index in [0.717, 1.165) is 21.9 Å². The molecule has 0 unspecified atom stereocenters. The van der Waals surface area contributed by atoms with Gasteiger partial charge in [-0.05, 0) is 48.5 Å². The van der Waals surface area contributed by atoms with Crippen LogP contribution in [0.5, 0.6) is 11.5 Å². The summed E-state index contributed by atoms with van der Waals surface area (Å²) >= 11 is 0. The summed E-state index contributed by atoms with van der Waals surface area (Å²) < 4.78 is 85.7. The number of benzene rings is 3. The van der Waals surface area contributed by atoms with Crippen LogP contribution < -0.4 is 4.74 Å². The van der Waals surface area contributed by atoms with Gasteiger partial charge in [0.25, 0.3) is 6.10 Å². The molecule has 10 heteroatoms. The summed E-state index contributed by atoms with van der Waals surface area (Å²) in [5.41, 5.74) is -0.425. The van der Waals surface area contributed by atoms with Crippen molar-refractivity contribution in [3.05, 3.63) is 78.4 Å². The number of carbonyl (C=O) groups excluding carboxylic acids is 1. The Morgan fingerprint density at radius 1 is 0.750 bits per heavy atom. The Morgan fingerprint density at radius 2 is 1.22 bits per heavy atom. The van der Waals surface area contributed by atoms with Crippen LogP contribution in [0.15, 0.2) is 87.5 Å². The number of hydrogen-bond donors (Lipinski definition) is 0. The van der Waals surface area contributed by atoms with Gasteiger partial charge in [0, 0.05) is 0 Å². The molecular weight excluding hydrogens is 458 g/mol. The van der Waals surface area contributed by atoms with Crippen LogP contribution >= 0.6 is 0 Å². The van der Waals surface area contributed by atoms with E-state index in [9.17, 15) is 31.1 Å². The average Bonchev–Trinajstić information content (AvgIpc) is 2.74. The summed E-state index contributed by atoms with van der Waals surface area (Å²) in [5.74, 6) is -0.445. The molecule has 0 amide bonds. The molecule has 0 radical (unpaired) electrons. The third kappa shape index (κ3) is 4.27. The summed E-state index contributed by atoms with van der Waals surface area (Å²) in [6, 6.07) is 19.9. The lowest BCUT2D eigenvalue weighted by Crippen LogP contribution is -2.45. The van der Waals surface area contributed by atoms with Crippen molar-refractivity contribution < 1.29 is 40.6 Å². The molecule has 0 N–H and O–H groups in total. The van der Waals surface area contributed by atoms with Crippen LogP contribution in [0.3, 0.4) is 0 Å². The Balaban J connectivity index is 1.65. The zero-order valence-electron chi connectivity index (χ0n) is 15.9. The van der Waals surface area contributed by atoms with Gasteiger partial charge < -0.3 is 9.47 Å². The molecule has 1 aliphatic heterocycles. The number of alkyl halides is 6. The van der Waals surface area contributed by atoms with Crippen molar-refractivity contribution in [1.29, 1.82) is 0 Å². The summed E-state index contributed by atoms with van der Waals surface area (Å²) in [5, 5.41) is 0. The fourth-order valence-electron chi connectivity index (χ4n) is 3.12. The van der Waals surface area contributed by atoms with Crippen molar-refractivity contribution in [2.45, 2.75) is 33.1 Å². The van der Waals surface area contributed by atoms with Crippen molar-refractivity contribution in [1.82, 2.24) is 0 Å². The molecule has 1 aliphatic rings. The molecule has 0 saturated carbocycles. The molecule has 0 spiro atoms. The zero-order valence-corrected chi connectivity index (χ0v) is 16.7. The first-order chi connectivity index (χ1) is 15.1. The largest absolute Gasteiger partial charge is 0.447 e. The lowest BCUT2D eigenvalue weighted by molar-refractivity contribution is -0.307. The van der Waals surface area contributed by atoms with Gasteiger partial charge in [0.15, 0.2) is 16.4 Å². The summed E-state index contributed by atoms with van der Waals surface area (Å²) in [7, 11) is -0.655. The van der Waals surface area contributed by atoms with Crippen LogP contribution in [0.4, 0.5) is 26.3 Å². The minimum Gasteiger partial charge on any atom is -0.447 e. The molecule has 3 aromatic carbocycles. The number of ether oxygens (including phenoxy) is 2. The van der Waals surface area contributed by atoms with E-state index in [1.165, 1.54) is 12.1 Å². The topological polar surface area (TPSA) is 35.5 Å². The number of esters is 1. The van der Waals surface area contributed by atoms with Gasteiger partial charge in [-0.3, -0.25) is 0 Å². The van der Waals surface area contributed by atoms with Crippen molar-refractivity contribution >= 4 is 16.9 Å². The first kappa shape index (κ1) is 22.1. The van der Waals surface area contributed by atoms with Gasteiger partial charge in [-0.25, -0.2) is 4.79 Å². The predicted molar refractivity (Wildman–Crippen MR) is 103 cm³/mol. The van der Waals surface area contributed by atoms with Gasteiger partial charge in [0.2, 0.25) is 9.79 Å². The van der Waals surface area contributed by atoms with E-state index >= 15 is 0 Å². The highest BCUT2D eigenvalue weighted by Gasteiger charge is 2.60. The zero-order chi connectivity index (χ0) is 23.1. The molecule has 0 aliphatic carbocycles.